The van der Waals surface area contributed by atoms with E-state index in [0.717, 1.165) is 25.5 Å². The quantitative estimate of drug-likeness (QED) is 0.557. The van der Waals surface area contributed by atoms with E-state index < -0.39 is 0 Å². The molecule has 0 aliphatic carbocycles. The molecule has 1 heterocycles. The van der Waals surface area contributed by atoms with Crippen molar-refractivity contribution in [3.8, 4) is 0 Å². The largest absolute Gasteiger partial charge is 0.380 e. The Morgan fingerprint density at radius 3 is 2.33 bits per heavy atom. The third-order valence-electron chi connectivity index (χ3n) is 2.19. The van der Waals surface area contributed by atoms with Gasteiger partial charge in [0.2, 0.25) is 0 Å². The third kappa shape index (κ3) is 1.39. The van der Waals surface area contributed by atoms with Crippen molar-refractivity contribution in [3.05, 3.63) is 0 Å². The van der Waals surface area contributed by atoms with E-state index in [1.165, 1.54) is 6.42 Å². The molecule has 1 saturated heterocycles. The number of hydrogen-bond acceptors (Lipinski definition) is 1. The summed E-state index contributed by atoms with van der Waals surface area (Å²) in [7, 11) is 0. The zero-order chi connectivity index (χ0) is 6.74. The lowest BCUT2D eigenvalue weighted by Gasteiger charge is -2.40. The number of alkyl halides is 1. The van der Waals surface area contributed by atoms with Crippen LogP contribution in [0.15, 0.2) is 0 Å². The highest BCUT2D eigenvalue weighted by Gasteiger charge is 2.35. The maximum absolute atomic E-state index is 5.62. The van der Waals surface area contributed by atoms with Gasteiger partial charge in [-0.15, -0.1) is 11.6 Å². The molecule has 0 unspecified atom stereocenters. The minimum absolute atomic E-state index is 0.460. The minimum atomic E-state index is 0.460. The van der Waals surface area contributed by atoms with Crippen LogP contribution in [0, 0.1) is 5.41 Å². The SMILES string of the molecule is CCC1(CCCl)COC1. The average Bonchev–Trinajstić information content (AvgIpc) is 1.79. The summed E-state index contributed by atoms with van der Waals surface area (Å²) in [5.41, 5.74) is 0.460. The Hall–Kier alpha value is 0.250. The van der Waals surface area contributed by atoms with Crippen LogP contribution in [0.3, 0.4) is 0 Å². The summed E-state index contributed by atoms with van der Waals surface area (Å²) in [5, 5.41) is 0. The second-order valence-corrected chi connectivity index (χ2v) is 3.16. The molecule has 54 valence electrons. The molecule has 1 fully saturated rings. The Bertz CT molecular complexity index is 83.4. The van der Waals surface area contributed by atoms with E-state index in [1.807, 2.05) is 0 Å². The first-order valence-corrected chi connectivity index (χ1v) is 4.00. The molecule has 0 bridgehead atoms. The van der Waals surface area contributed by atoms with E-state index >= 15 is 0 Å². The molecule has 0 radical (unpaired) electrons. The van der Waals surface area contributed by atoms with Crippen LogP contribution in [-0.4, -0.2) is 19.1 Å². The van der Waals surface area contributed by atoms with Crippen molar-refractivity contribution in [3.63, 3.8) is 0 Å². The fraction of sp³-hybridized carbons (Fsp3) is 1.00. The normalized spacial score (nSPS) is 23.3. The molecule has 1 rings (SSSR count). The highest BCUT2D eigenvalue weighted by atomic mass is 35.5. The van der Waals surface area contributed by atoms with Gasteiger partial charge in [0.15, 0.2) is 0 Å². The topological polar surface area (TPSA) is 9.23 Å². The molecule has 0 amide bonds. The van der Waals surface area contributed by atoms with Crippen molar-refractivity contribution in [2.24, 2.45) is 5.41 Å². The van der Waals surface area contributed by atoms with Gasteiger partial charge in [-0.2, -0.15) is 0 Å². The Morgan fingerprint density at radius 1 is 1.56 bits per heavy atom. The summed E-state index contributed by atoms with van der Waals surface area (Å²) in [6.07, 6.45) is 2.32. The molecular formula is C7H13ClO. The molecule has 2 heteroatoms. The van der Waals surface area contributed by atoms with Crippen LogP contribution >= 0.6 is 11.6 Å². The average molecular weight is 149 g/mol. The summed E-state index contributed by atoms with van der Waals surface area (Å²) in [5.74, 6) is 0.775. The molecule has 0 spiro atoms. The molecule has 0 aromatic heterocycles. The predicted octanol–water partition coefficient (Wildman–Crippen LogP) is 2.04. The second kappa shape index (κ2) is 2.89. The first-order valence-electron chi connectivity index (χ1n) is 3.47. The monoisotopic (exact) mass is 148 g/mol. The molecule has 0 aromatic rings. The van der Waals surface area contributed by atoms with Gasteiger partial charge in [0, 0.05) is 11.3 Å². The van der Waals surface area contributed by atoms with Crippen LogP contribution in [0.4, 0.5) is 0 Å². The highest BCUT2D eigenvalue weighted by Crippen LogP contribution is 2.34. The van der Waals surface area contributed by atoms with Crippen LogP contribution in [0.25, 0.3) is 0 Å². The fourth-order valence-electron chi connectivity index (χ4n) is 1.12. The smallest absolute Gasteiger partial charge is 0.0545 e. The Kier molecular flexibility index (Phi) is 2.36. The molecule has 9 heavy (non-hydrogen) atoms. The van der Waals surface area contributed by atoms with Gasteiger partial charge in [0.05, 0.1) is 13.2 Å². The molecule has 0 aromatic carbocycles. The molecule has 1 nitrogen and oxygen atoms in total. The fourth-order valence-corrected chi connectivity index (χ4v) is 1.52. The van der Waals surface area contributed by atoms with Crippen molar-refractivity contribution in [1.82, 2.24) is 0 Å². The summed E-state index contributed by atoms with van der Waals surface area (Å²) >= 11 is 5.62. The first-order chi connectivity index (χ1) is 4.33. The third-order valence-corrected chi connectivity index (χ3v) is 2.38. The lowest BCUT2D eigenvalue weighted by atomic mass is 9.81. The molecule has 1 aliphatic rings. The van der Waals surface area contributed by atoms with Crippen LogP contribution in [0.5, 0.6) is 0 Å². The van der Waals surface area contributed by atoms with Gasteiger partial charge in [0.25, 0.3) is 0 Å². The van der Waals surface area contributed by atoms with Crippen LogP contribution < -0.4 is 0 Å². The number of ether oxygens (including phenoxy) is 1. The molecule has 0 N–H and O–H groups in total. The highest BCUT2D eigenvalue weighted by molar-refractivity contribution is 6.17. The van der Waals surface area contributed by atoms with Crippen LogP contribution in [-0.2, 0) is 4.74 Å². The lowest BCUT2D eigenvalue weighted by molar-refractivity contribution is -0.116. The summed E-state index contributed by atoms with van der Waals surface area (Å²) in [6, 6.07) is 0. The Labute approximate surface area is 61.3 Å². The summed E-state index contributed by atoms with van der Waals surface area (Å²) in [6.45, 7) is 4.06. The Morgan fingerprint density at radius 2 is 2.22 bits per heavy atom. The van der Waals surface area contributed by atoms with Crippen LogP contribution in [0.2, 0.25) is 0 Å². The van der Waals surface area contributed by atoms with Gasteiger partial charge in [-0.05, 0) is 12.8 Å². The number of halogens is 1. The number of rotatable bonds is 3. The summed E-state index contributed by atoms with van der Waals surface area (Å²) in [4.78, 5) is 0. The van der Waals surface area contributed by atoms with Gasteiger partial charge in [0.1, 0.15) is 0 Å². The van der Waals surface area contributed by atoms with Crippen molar-refractivity contribution in [2.45, 2.75) is 19.8 Å². The van der Waals surface area contributed by atoms with Crippen molar-refractivity contribution < 1.29 is 4.74 Å². The first kappa shape index (κ1) is 7.36. The van der Waals surface area contributed by atoms with E-state index in [0.29, 0.717) is 5.41 Å². The van der Waals surface area contributed by atoms with Gasteiger partial charge in [-0.1, -0.05) is 6.92 Å². The maximum atomic E-state index is 5.62. The van der Waals surface area contributed by atoms with Crippen molar-refractivity contribution >= 4 is 11.6 Å². The summed E-state index contributed by atoms with van der Waals surface area (Å²) < 4.78 is 5.12. The van der Waals surface area contributed by atoms with E-state index in [-0.39, 0.29) is 0 Å². The van der Waals surface area contributed by atoms with E-state index in [9.17, 15) is 0 Å². The van der Waals surface area contributed by atoms with Gasteiger partial charge in [-0.3, -0.25) is 0 Å². The van der Waals surface area contributed by atoms with E-state index in [4.69, 9.17) is 16.3 Å². The lowest BCUT2D eigenvalue weighted by Crippen LogP contribution is -2.42. The zero-order valence-corrected chi connectivity index (χ0v) is 6.58. The standard InChI is InChI=1S/C7H13ClO/c1-2-7(3-4-8)5-9-6-7/h2-6H2,1H3. The maximum Gasteiger partial charge on any atom is 0.0545 e. The van der Waals surface area contributed by atoms with Crippen molar-refractivity contribution in [1.29, 1.82) is 0 Å². The zero-order valence-electron chi connectivity index (χ0n) is 5.82. The van der Waals surface area contributed by atoms with Crippen molar-refractivity contribution in [2.75, 3.05) is 19.1 Å². The Balaban J connectivity index is 2.28. The van der Waals surface area contributed by atoms with Gasteiger partial charge >= 0.3 is 0 Å². The molecule has 0 saturated carbocycles. The molecule has 1 aliphatic heterocycles. The van der Waals surface area contributed by atoms with Gasteiger partial charge < -0.3 is 4.74 Å². The predicted molar refractivity (Wildman–Crippen MR) is 38.9 cm³/mol. The van der Waals surface area contributed by atoms with Crippen LogP contribution in [0.1, 0.15) is 19.8 Å². The molecule has 0 atom stereocenters. The second-order valence-electron chi connectivity index (χ2n) is 2.79. The number of hydrogen-bond donors (Lipinski definition) is 0. The van der Waals surface area contributed by atoms with Gasteiger partial charge in [-0.25, -0.2) is 0 Å². The molecular weight excluding hydrogens is 136 g/mol. The van der Waals surface area contributed by atoms with E-state index in [1.54, 1.807) is 0 Å². The van der Waals surface area contributed by atoms with E-state index in [2.05, 4.69) is 6.92 Å². The minimum Gasteiger partial charge on any atom is -0.380 e.